The van der Waals surface area contributed by atoms with E-state index in [1.807, 2.05) is 47.2 Å². The largest absolute Gasteiger partial charge is 0.481 e. The van der Waals surface area contributed by atoms with Gasteiger partial charge in [0.25, 0.3) is 0 Å². The summed E-state index contributed by atoms with van der Waals surface area (Å²) >= 11 is 0. The van der Waals surface area contributed by atoms with Crippen LogP contribution in [-0.4, -0.2) is 30.3 Å². The van der Waals surface area contributed by atoms with E-state index in [0.29, 0.717) is 0 Å². The molecule has 2 fully saturated rings. The lowest BCUT2D eigenvalue weighted by Gasteiger charge is -2.37. The van der Waals surface area contributed by atoms with E-state index in [9.17, 15) is 15.2 Å². The van der Waals surface area contributed by atoms with E-state index in [1.54, 1.807) is 16.9 Å². The van der Waals surface area contributed by atoms with E-state index in [2.05, 4.69) is 22.3 Å². The van der Waals surface area contributed by atoms with Gasteiger partial charge in [-0.25, -0.2) is 9.03 Å². The Bertz CT molecular complexity index is 1300. The first-order chi connectivity index (χ1) is 15.1. The van der Waals surface area contributed by atoms with E-state index >= 15 is 0 Å². The highest BCUT2D eigenvalue weighted by Crippen LogP contribution is 2.44. The highest BCUT2D eigenvalue weighted by molar-refractivity contribution is 5.82. The lowest BCUT2D eigenvalue weighted by atomic mass is 9.65. The Morgan fingerprint density at radius 3 is 1.87 bits per heavy atom. The summed E-state index contributed by atoms with van der Waals surface area (Å²) < 4.78 is 3.57. The van der Waals surface area contributed by atoms with Gasteiger partial charge < -0.3 is 5.11 Å². The van der Waals surface area contributed by atoms with E-state index in [-0.39, 0.29) is 5.41 Å². The molecule has 31 heavy (non-hydrogen) atoms. The first-order valence-electron chi connectivity index (χ1n) is 10.6. The van der Waals surface area contributed by atoms with Crippen molar-refractivity contribution >= 4 is 17.0 Å². The zero-order valence-corrected chi connectivity index (χ0v) is 17.1. The molecule has 0 spiro atoms. The van der Waals surface area contributed by atoms with Gasteiger partial charge in [-0.1, -0.05) is 18.6 Å². The number of pyridine rings is 2. The third kappa shape index (κ3) is 3.07. The Balaban J connectivity index is 0.000000132. The summed E-state index contributed by atoms with van der Waals surface area (Å²) in [7, 11) is 0. The second kappa shape index (κ2) is 7.24. The molecule has 2 aliphatic carbocycles. The van der Waals surface area contributed by atoms with Gasteiger partial charge in [0, 0.05) is 24.8 Å². The van der Waals surface area contributed by atoms with Crippen LogP contribution in [-0.2, 0) is 15.6 Å². The van der Waals surface area contributed by atoms with Crippen LogP contribution in [0.1, 0.15) is 49.7 Å². The summed E-state index contributed by atoms with van der Waals surface area (Å²) in [6.07, 6.45) is 12.9. The summed E-state index contributed by atoms with van der Waals surface area (Å²) in [6, 6.07) is 14.2. The summed E-state index contributed by atoms with van der Waals surface area (Å²) in [6.45, 7) is 0. The van der Waals surface area contributed by atoms with Gasteiger partial charge in [0.15, 0.2) is 0 Å². The standard InChI is InChI=1S/C12H11N3.C12H12N2O2/c13-9-12(5-1-6-12)10-2-3-11-4-7-14-15(11)8-10;15-11(16)12(5-1-6-12)9-2-3-10-4-7-13-14(10)8-9/h2-4,7-8H,1,5-6H2;2-4,7-8H,1,5-6H2,(H,15,16). The fourth-order valence-corrected chi connectivity index (χ4v) is 4.55. The number of nitriles is 1. The average Bonchev–Trinajstić information content (AvgIpc) is 3.35. The molecular formula is C24H23N5O2. The maximum absolute atomic E-state index is 11.3. The number of carbonyl (C=O) groups is 1. The Hall–Kier alpha value is -3.66. The Kier molecular flexibility index (Phi) is 4.51. The number of carboxylic acid groups (broad SMARTS) is 1. The lowest BCUT2D eigenvalue weighted by Crippen LogP contribution is -2.42. The van der Waals surface area contributed by atoms with Crippen LogP contribution in [0.3, 0.4) is 0 Å². The molecule has 7 nitrogen and oxygen atoms in total. The average molecular weight is 413 g/mol. The zero-order valence-electron chi connectivity index (χ0n) is 17.1. The second-order valence-corrected chi connectivity index (χ2v) is 8.53. The van der Waals surface area contributed by atoms with Crippen LogP contribution in [0.2, 0.25) is 0 Å². The molecule has 2 aliphatic rings. The van der Waals surface area contributed by atoms with Gasteiger partial charge in [-0.15, -0.1) is 0 Å². The van der Waals surface area contributed by atoms with E-state index in [1.165, 1.54) is 0 Å². The van der Waals surface area contributed by atoms with Gasteiger partial charge >= 0.3 is 5.97 Å². The molecule has 0 atom stereocenters. The molecule has 0 aliphatic heterocycles. The highest BCUT2D eigenvalue weighted by Gasteiger charge is 2.46. The maximum atomic E-state index is 11.3. The van der Waals surface area contributed by atoms with Crippen LogP contribution in [0.4, 0.5) is 0 Å². The number of fused-ring (bicyclic) bond motifs is 2. The maximum Gasteiger partial charge on any atom is 0.314 e. The number of carboxylic acids is 1. The number of rotatable bonds is 3. The van der Waals surface area contributed by atoms with Crippen LogP contribution >= 0.6 is 0 Å². The van der Waals surface area contributed by atoms with Crippen molar-refractivity contribution in [3.8, 4) is 6.07 Å². The molecule has 2 saturated carbocycles. The molecule has 156 valence electrons. The quantitative estimate of drug-likeness (QED) is 0.545. The van der Waals surface area contributed by atoms with Crippen molar-refractivity contribution in [2.75, 3.05) is 0 Å². The topological polar surface area (TPSA) is 95.7 Å². The third-order valence-electron chi connectivity index (χ3n) is 6.93. The van der Waals surface area contributed by atoms with Crippen molar-refractivity contribution in [2.24, 2.45) is 0 Å². The molecule has 0 bridgehead atoms. The van der Waals surface area contributed by atoms with Crippen molar-refractivity contribution in [1.29, 1.82) is 5.26 Å². The fraction of sp³-hybridized carbons (Fsp3) is 0.333. The number of hydrogen-bond acceptors (Lipinski definition) is 4. The zero-order chi connectivity index (χ0) is 21.5. The number of nitrogens with zero attached hydrogens (tertiary/aromatic N) is 5. The first kappa shape index (κ1) is 19.3. The van der Waals surface area contributed by atoms with Crippen LogP contribution in [0.25, 0.3) is 11.0 Å². The van der Waals surface area contributed by atoms with Crippen LogP contribution < -0.4 is 0 Å². The second-order valence-electron chi connectivity index (χ2n) is 8.53. The fourth-order valence-electron chi connectivity index (χ4n) is 4.55. The smallest absolute Gasteiger partial charge is 0.314 e. The number of aromatic nitrogens is 4. The molecule has 0 aromatic carbocycles. The van der Waals surface area contributed by atoms with Crippen molar-refractivity contribution in [3.05, 3.63) is 72.3 Å². The van der Waals surface area contributed by atoms with Gasteiger partial charge in [0.2, 0.25) is 0 Å². The van der Waals surface area contributed by atoms with Crippen LogP contribution in [0.5, 0.6) is 0 Å². The Morgan fingerprint density at radius 1 is 0.871 bits per heavy atom. The van der Waals surface area contributed by atoms with Crippen molar-refractivity contribution in [2.45, 2.75) is 49.4 Å². The van der Waals surface area contributed by atoms with Crippen molar-refractivity contribution < 1.29 is 9.90 Å². The molecule has 0 radical (unpaired) electrons. The molecule has 4 aromatic heterocycles. The predicted molar refractivity (Wildman–Crippen MR) is 115 cm³/mol. The molecule has 0 amide bonds. The predicted octanol–water partition coefficient (Wildman–Crippen LogP) is 4.12. The minimum absolute atomic E-state index is 0.236. The van der Waals surface area contributed by atoms with Crippen LogP contribution in [0, 0.1) is 11.3 Å². The van der Waals surface area contributed by atoms with Crippen molar-refractivity contribution in [1.82, 2.24) is 19.2 Å². The molecule has 4 heterocycles. The Labute approximate surface area is 179 Å². The first-order valence-corrected chi connectivity index (χ1v) is 10.6. The van der Waals surface area contributed by atoms with Gasteiger partial charge in [-0.3, -0.25) is 4.79 Å². The van der Waals surface area contributed by atoms with Gasteiger partial charge in [0.1, 0.15) is 0 Å². The SMILES string of the molecule is N#CC1(c2ccc3ccnn3c2)CCC1.O=C(O)C1(c2ccc3ccnn3c2)CCC1. The number of hydrogen-bond donors (Lipinski definition) is 1. The van der Waals surface area contributed by atoms with Crippen molar-refractivity contribution in [3.63, 3.8) is 0 Å². The van der Waals surface area contributed by atoms with E-state index < -0.39 is 11.4 Å². The Morgan fingerprint density at radius 2 is 1.42 bits per heavy atom. The van der Waals surface area contributed by atoms with Gasteiger partial charge in [-0.05, 0) is 67.5 Å². The molecule has 0 unspecified atom stereocenters. The molecule has 6 rings (SSSR count). The summed E-state index contributed by atoms with van der Waals surface area (Å²) in [4.78, 5) is 11.3. The van der Waals surface area contributed by atoms with E-state index in [0.717, 1.165) is 60.7 Å². The molecule has 4 aromatic rings. The minimum atomic E-state index is -0.717. The summed E-state index contributed by atoms with van der Waals surface area (Å²) in [5.74, 6) is -0.717. The van der Waals surface area contributed by atoms with E-state index in [4.69, 9.17) is 0 Å². The van der Waals surface area contributed by atoms with Crippen LogP contribution in [0.15, 0.2) is 61.2 Å². The summed E-state index contributed by atoms with van der Waals surface area (Å²) in [5, 5.41) is 26.9. The highest BCUT2D eigenvalue weighted by atomic mass is 16.4. The molecule has 0 saturated heterocycles. The summed E-state index contributed by atoms with van der Waals surface area (Å²) in [5.41, 5.74) is 3.13. The third-order valence-corrected chi connectivity index (χ3v) is 6.93. The monoisotopic (exact) mass is 413 g/mol. The molecule has 1 N–H and O–H groups in total. The normalized spacial score (nSPS) is 18.3. The van der Waals surface area contributed by atoms with Gasteiger partial charge in [-0.2, -0.15) is 15.5 Å². The van der Waals surface area contributed by atoms with Gasteiger partial charge in [0.05, 0.1) is 27.9 Å². The molecular weight excluding hydrogens is 390 g/mol. The molecule has 7 heteroatoms. The minimum Gasteiger partial charge on any atom is -0.481 e. The number of aliphatic carboxylic acids is 1. The lowest BCUT2D eigenvalue weighted by molar-refractivity contribution is -0.147.